The third-order valence-corrected chi connectivity index (χ3v) is 5.46. The van der Waals surface area contributed by atoms with Gasteiger partial charge in [-0.2, -0.15) is 0 Å². The molecule has 0 amide bonds. The molecule has 2 aromatic carbocycles. The molecular formula is C23H28N2O2. The van der Waals surface area contributed by atoms with Gasteiger partial charge in [0.2, 0.25) is 0 Å². The van der Waals surface area contributed by atoms with E-state index in [-0.39, 0.29) is 11.5 Å². The van der Waals surface area contributed by atoms with Crippen molar-refractivity contribution >= 4 is 5.71 Å². The van der Waals surface area contributed by atoms with Crippen molar-refractivity contribution in [1.82, 2.24) is 4.90 Å². The van der Waals surface area contributed by atoms with Crippen LogP contribution in [0.2, 0.25) is 0 Å². The van der Waals surface area contributed by atoms with Gasteiger partial charge in [0.15, 0.2) is 0 Å². The van der Waals surface area contributed by atoms with Crippen LogP contribution in [0.1, 0.15) is 36.8 Å². The van der Waals surface area contributed by atoms with Crippen LogP contribution in [0, 0.1) is 5.92 Å². The minimum absolute atomic E-state index is 0.267. The van der Waals surface area contributed by atoms with Gasteiger partial charge >= 0.3 is 0 Å². The fourth-order valence-electron chi connectivity index (χ4n) is 3.92. The Hall–Kier alpha value is -2.33. The Kier molecular flexibility index (Phi) is 5.17. The Labute approximate surface area is 161 Å². The van der Waals surface area contributed by atoms with Crippen LogP contribution >= 0.6 is 0 Å². The standard InChI is InChI=1S/C23H28N2O2/c1-25(2)15-9-4-10-16-26-24-22-19-13-7-8-14-21(19)27-23(17-20(22)23)18-11-5-3-6-12-18/h3,5-8,11-14,20H,4,9-10,15-17H2,1-2H3. The zero-order valence-corrected chi connectivity index (χ0v) is 16.2. The maximum Gasteiger partial charge on any atom is 0.143 e. The van der Waals surface area contributed by atoms with Crippen LogP contribution in [-0.4, -0.2) is 37.9 Å². The van der Waals surface area contributed by atoms with Crippen molar-refractivity contribution in [2.75, 3.05) is 27.2 Å². The smallest absolute Gasteiger partial charge is 0.143 e. The Morgan fingerprint density at radius 2 is 1.81 bits per heavy atom. The molecule has 0 radical (unpaired) electrons. The molecule has 2 atom stereocenters. The van der Waals surface area contributed by atoms with Crippen LogP contribution in [0.15, 0.2) is 59.8 Å². The predicted octanol–water partition coefficient (Wildman–Crippen LogP) is 4.45. The maximum absolute atomic E-state index is 6.45. The fourth-order valence-corrected chi connectivity index (χ4v) is 3.92. The first-order valence-corrected chi connectivity index (χ1v) is 9.89. The lowest BCUT2D eigenvalue weighted by atomic mass is 9.96. The monoisotopic (exact) mass is 364 g/mol. The van der Waals surface area contributed by atoms with Crippen molar-refractivity contribution in [1.29, 1.82) is 0 Å². The van der Waals surface area contributed by atoms with Crippen LogP contribution in [0.3, 0.4) is 0 Å². The van der Waals surface area contributed by atoms with E-state index in [4.69, 9.17) is 9.57 Å². The van der Waals surface area contributed by atoms with E-state index in [0.29, 0.717) is 6.61 Å². The molecule has 0 spiro atoms. The van der Waals surface area contributed by atoms with Crippen molar-refractivity contribution in [3.8, 4) is 5.75 Å². The summed E-state index contributed by atoms with van der Waals surface area (Å²) in [6.45, 7) is 1.80. The molecule has 27 heavy (non-hydrogen) atoms. The molecule has 1 heterocycles. The summed E-state index contributed by atoms with van der Waals surface area (Å²) in [4.78, 5) is 7.95. The highest BCUT2D eigenvalue weighted by atomic mass is 16.6. The van der Waals surface area contributed by atoms with E-state index in [0.717, 1.165) is 36.4 Å². The Bertz CT molecular complexity index is 803. The Morgan fingerprint density at radius 1 is 1.04 bits per heavy atom. The van der Waals surface area contributed by atoms with E-state index in [1.165, 1.54) is 18.4 Å². The van der Waals surface area contributed by atoms with Gasteiger partial charge in [0, 0.05) is 12.0 Å². The average molecular weight is 364 g/mol. The summed E-state index contributed by atoms with van der Waals surface area (Å²) in [6, 6.07) is 18.7. The SMILES string of the molecule is CN(C)CCCCCON=C1c2ccccc2OC2(c3ccccc3)CC12. The molecule has 1 aliphatic carbocycles. The number of benzene rings is 2. The molecule has 1 aliphatic heterocycles. The van der Waals surface area contributed by atoms with Crippen molar-refractivity contribution in [3.05, 3.63) is 65.7 Å². The van der Waals surface area contributed by atoms with E-state index >= 15 is 0 Å². The number of oxime groups is 1. The number of unbranched alkanes of at least 4 members (excludes halogenated alkanes) is 2. The van der Waals surface area contributed by atoms with E-state index in [2.05, 4.69) is 54.5 Å². The van der Waals surface area contributed by atoms with Gasteiger partial charge in [-0.05, 0) is 57.6 Å². The second-order valence-corrected chi connectivity index (χ2v) is 7.78. The second-order valence-electron chi connectivity index (χ2n) is 7.78. The lowest BCUT2D eigenvalue weighted by molar-refractivity contribution is 0.132. The molecule has 4 rings (SSSR count). The van der Waals surface area contributed by atoms with Crippen molar-refractivity contribution in [2.45, 2.75) is 31.3 Å². The van der Waals surface area contributed by atoms with Crippen molar-refractivity contribution in [3.63, 3.8) is 0 Å². The van der Waals surface area contributed by atoms with Crippen molar-refractivity contribution in [2.24, 2.45) is 11.1 Å². The molecule has 0 aromatic heterocycles. The first-order valence-electron chi connectivity index (χ1n) is 9.89. The lowest BCUT2D eigenvalue weighted by Crippen LogP contribution is -2.28. The molecule has 4 heteroatoms. The normalized spacial score (nSPS) is 24.3. The van der Waals surface area contributed by atoms with Crippen molar-refractivity contribution < 1.29 is 9.57 Å². The molecule has 2 unspecified atom stereocenters. The van der Waals surface area contributed by atoms with E-state index < -0.39 is 0 Å². The molecular weight excluding hydrogens is 336 g/mol. The summed E-state index contributed by atoms with van der Waals surface area (Å²) >= 11 is 0. The number of rotatable bonds is 8. The molecule has 1 saturated carbocycles. The van der Waals surface area contributed by atoms with Crippen LogP contribution in [0.4, 0.5) is 0 Å². The molecule has 2 aromatic rings. The van der Waals surface area contributed by atoms with Crippen LogP contribution in [0.25, 0.3) is 0 Å². The van der Waals surface area contributed by atoms with E-state index in [9.17, 15) is 0 Å². The number of fused-ring (bicyclic) bond motifs is 2. The molecule has 1 fully saturated rings. The summed E-state index contributed by atoms with van der Waals surface area (Å²) in [5, 5.41) is 4.58. The first kappa shape index (κ1) is 18.1. The lowest BCUT2D eigenvalue weighted by Gasteiger charge is -2.27. The highest BCUT2D eigenvalue weighted by molar-refractivity contribution is 6.08. The average Bonchev–Trinajstić information content (AvgIpc) is 3.42. The van der Waals surface area contributed by atoms with Gasteiger partial charge in [-0.15, -0.1) is 0 Å². The zero-order chi connectivity index (χ0) is 18.7. The van der Waals surface area contributed by atoms with E-state index in [1.54, 1.807) is 0 Å². The maximum atomic E-state index is 6.45. The predicted molar refractivity (Wildman–Crippen MR) is 108 cm³/mol. The molecule has 4 nitrogen and oxygen atoms in total. The van der Waals surface area contributed by atoms with Crippen LogP contribution in [0.5, 0.6) is 5.75 Å². The molecule has 0 bridgehead atoms. The van der Waals surface area contributed by atoms with Gasteiger partial charge in [-0.1, -0.05) is 47.6 Å². The number of para-hydroxylation sites is 1. The molecule has 0 saturated heterocycles. The quantitative estimate of drug-likeness (QED) is 0.513. The van der Waals surface area contributed by atoms with Gasteiger partial charge in [-0.3, -0.25) is 0 Å². The highest BCUT2D eigenvalue weighted by Gasteiger charge is 2.64. The number of nitrogens with zero attached hydrogens (tertiary/aromatic N) is 2. The highest BCUT2D eigenvalue weighted by Crippen LogP contribution is 2.60. The largest absolute Gasteiger partial charge is 0.481 e. The number of hydrogen-bond acceptors (Lipinski definition) is 4. The van der Waals surface area contributed by atoms with Crippen LogP contribution in [-0.2, 0) is 10.4 Å². The van der Waals surface area contributed by atoms with Gasteiger partial charge in [0.05, 0.1) is 11.6 Å². The van der Waals surface area contributed by atoms with Crippen LogP contribution < -0.4 is 4.74 Å². The summed E-state index contributed by atoms with van der Waals surface area (Å²) in [6.07, 6.45) is 4.36. The number of hydrogen-bond donors (Lipinski definition) is 0. The number of ether oxygens (including phenoxy) is 1. The topological polar surface area (TPSA) is 34.1 Å². The minimum atomic E-state index is -0.274. The van der Waals surface area contributed by atoms with Gasteiger partial charge in [0.25, 0.3) is 0 Å². The first-order chi connectivity index (χ1) is 13.2. The summed E-state index contributed by atoms with van der Waals surface area (Å²) in [5.74, 6) is 1.17. The second kappa shape index (κ2) is 7.73. The van der Waals surface area contributed by atoms with Gasteiger partial charge in [-0.25, -0.2) is 0 Å². The summed E-state index contributed by atoms with van der Waals surface area (Å²) < 4.78 is 6.45. The zero-order valence-electron chi connectivity index (χ0n) is 16.2. The summed E-state index contributed by atoms with van der Waals surface area (Å²) in [7, 11) is 4.22. The van der Waals surface area contributed by atoms with Gasteiger partial charge < -0.3 is 14.5 Å². The third kappa shape index (κ3) is 3.72. The third-order valence-electron chi connectivity index (χ3n) is 5.46. The minimum Gasteiger partial charge on any atom is -0.481 e. The van der Waals surface area contributed by atoms with Gasteiger partial charge in [0.1, 0.15) is 18.0 Å². The Balaban J connectivity index is 1.46. The van der Waals surface area contributed by atoms with E-state index in [1.807, 2.05) is 24.3 Å². The Morgan fingerprint density at radius 3 is 2.63 bits per heavy atom. The summed E-state index contributed by atoms with van der Waals surface area (Å²) in [5.41, 5.74) is 3.05. The fraction of sp³-hybridized carbons (Fsp3) is 0.435. The molecule has 2 aliphatic rings. The molecule has 142 valence electrons. The molecule has 0 N–H and O–H groups in total.